The van der Waals surface area contributed by atoms with E-state index in [9.17, 15) is 4.79 Å². The SMILES string of the molecule is CCN(Cc1ccc2c(c1)OCO2)C(=O)Nc1cc(Cl)ccc1N1CCOCC1. The summed E-state index contributed by atoms with van der Waals surface area (Å²) in [7, 11) is 0. The van der Waals surface area contributed by atoms with Gasteiger partial charge in [-0.15, -0.1) is 0 Å². The maximum absolute atomic E-state index is 13.0. The lowest BCUT2D eigenvalue weighted by Gasteiger charge is -2.31. The molecule has 0 atom stereocenters. The Morgan fingerprint density at radius 1 is 1.14 bits per heavy atom. The molecule has 7 nitrogen and oxygen atoms in total. The van der Waals surface area contributed by atoms with Crippen molar-refractivity contribution in [3.05, 3.63) is 47.0 Å². The van der Waals surface area contributed by atoms with Crippen LogP contribution in [0.2, 0.25) is 5.02 Å². The van der Waals surface area contributed by atoms with Crippen molar-refractivity contribution in [3.8, 4) is 11.5 Å². The van der Waals surface area contributed by atoms with Gasteiger partial charge in [0.15, 0.2) is 11.5 Å². The molecule has 0 aliphatic carbocycles. The van der Waals surface area contributed by atoms with Crippen molar-refractivity contribution in [2.75, 3.05) is 49.9 Å². The minimum Gasteiger partial charge on any atom is -0.454 e. The number of ether oxygens (including phenoxy) is 3. The first-order valence-electron chi connectivity index (χ1n) is 9.70. The van der Waals surface area contributed by atoms with Gasteiger partial charge < -0.3 is 29.3 Å². The van der Waals surface area contributed by atoms with Crippen molar-refractivity contribution in [3.63, 3.8) is 0 Å². The van der Waals surface area contributed by atoms with E-state index in [4.69, 9.17) is 25.8 Å². The van der Waals surface area contributed by atoms with E-state index in [1.54, 1.807) is 11.0 Å². The molecule has 1 saturated heterocycles. The summed E-state index contributed by atoms with van der Waals surface area (Å²) < 4.78 is 16.2. The first-order valence-corrected chi connectivity index (χ1v) is 10.1. The summed E-state index contributed by atoms with van der Waals surface area (Å²) in [6.45, 7) is 6.10. The van der Waals surface area contributed by atoms with Crippen LogP contribution in [0.25, 0.3) is 0 Å². The summed E-state index contributed by atoms with van der Waals surface area (Å²) in [5, 5.41) is 3.62. The molecule has 2 aliphatic rings. The third-order valence-corrected chi connectivity index (χ3v) is 5.27. The molecule has 2 aromatic rings. The fourth-order valence-corrected chi connectivity index (χ4v) is 3.64. The lowest BCUT2D eigenvalue weighted by atomic mass is 10.2. The van der Waals surface area contributed by atoms with E-state index in [-0.39, 0.29) is 12.8 Å². The fourth-order valence-electron chi connectivity index (χ4n) is 3.47. The maximum atomic E-state index is 13.0. The van der Waals surface area contributed by atoms with Crippen molar-refractivity contribution in [2.45, 2.75) is 13.5 Å². The van der Waals surface area contributed by atoms with Gasteiger partial charge in [-0.1, -0.05) is 17.7 Å². The predicted molar refractivity (Wildman–Crippen MR) is 112 cm³/mol. The van der Waals surface area contributed by atoms with Crippen molar-refractivity contribution >= 4 is 29.0 Å². The second kappa shape index (κ2) is 8.80. The molecule has 0 radical (unpaired) electrons. The number of rotatable bonds is 5. The van der Waals surface area contributed by atoms with Gasteiger partial charge >= 0.3 is 6.03 Å². The number of hydrogen-bond donors (Lipinski definition) is 1. The lowest BCUT2D eigenvalue weighted by molar-refractivity contribution is 0.123. The van der Waals surface area contributed by atoms with Crippen LogP contribution < -0.4 is 19.7 Å². The topological polar surface area (TPSA) is 63.3 Å². The zero-order chi connectivity index (χ0) is 20.2. The van der Waals surface area contributed by atoms with E-state index in [2.05, 4.69) is 10.2 Å². The first kappa shape index (κ1) is 19.7. The van der Waals surface area contributed by atoms with Crippen LogP contribution in [0.4, 0.5) is 16.2 Å². The average Bonchev–Trinajstić information content (AvgIpc) is 3.20. The molecule has 0 aromatic heterocycles. The number of carbonyl (C=O) groups excluding carboxylic acids is 1. The molecule has 8 heteroatoms. The molecule has 29 heavy (non-hydrogen) atoms. The van der Waals surface area contributed by atoms with Gasteiger partial charge in [-0.25, -0.2) is 4.79 Å². The Morgan fingerprint density at radius 3 is 2.72 bits per heavy atom. The Morgan fingerprint density at radius 2 is 1.93 bits per heavy atom. The monoisotopic (exact) mass is 417 g/mol. The number of nitrogens with one attached hydrogen (secondary N) is 1. The van der Waals surface area contributed by atoms with Crippen LogP contribution in [-0.4, -0.2) is 50.6 Å². The molecule has 4 rings (SSSR count). The van der Waals surface area contributed by atoms with Gasteiger partial charge in [0.1, 0.15) is 0 Å². The third-order valence-electron chi connectivity index (χ3n) is 5.03. The van der Waals surface area contributed by atoms with Gasteiger partial charge in [0.25, 0.3) is 0 Å². The van der Waals surface area contributed by atoms with Gasteiger partial charge in [0, 0.05) is 31.2 Å². The third kappa shape index (κ3) is 4.52. The number of amides is 2. The Labute approximate surface area is 175 Å². The number of benzene rings is 2. The fraction of sp³-hybridized carbons (Fsp3) is 0.381. The largest absolute Gasteiger partial charge is 0.454 e. The summed E-state index contributed by atoms with van der Waals surface area (Å²) >= 11 is 6.20. The van der Waals surface area contributed by atoms with E-state index in [0.717, 1.165) is 30.1 Å². The zero-order valence-corrected chi connectivity index (χ0v) is 17.1. The molecule has 2 amide bonds. The molecule has 2 aliphatic heterocycles. The highest BCUT2D eigenvalue weighted by molar-refractivity contribution is 6.31. The van der Waals surface area contributed by atoms with Crippen molar-refractivity contribution in [1.29, 1.82) is 0 Å². The van der Waals surface area contributed by atoms with Gasteiger partial charge in [-0.3, -0.25) is 0 Å². The number of morpholine rings is 1. The Balaban J connectivity index is 1.49. The highest BCUT2D eigenvalue weighted by Gasteiger charge is 2.20. The molecular weight excluding hydrogens is 394 g/mol. The summed E-state index contributed by atoms with van der Waals surface area (Å²) in [5.41, 5.74) is 2.63. The molecule has 2 aromatic carbocycles. The number of urea groups is 1. The standard InChI is InChI=1S/C21H24ClN3O4/c1-2-24(13-15-3-6-19-20(11-15)29-14-28-19)21(26)23-17-12-16(22)4-5-18(17)25-7-9-27-10-8-25/h3-6,11-12H,2,7-10,13-14H2,1H3,(H,23,26). The van der Waals surface area contributed by atoms with Crippen LogP contribution in [0.5, 0.6) is 11.5 Å². The van der Waals surface area contributed by atoms with Crippen molar-refractivity contribution < 1.29 is 19.0 Å². The van der Waals surface area contributed by atoms with Gasteiger partial charge in [0.2, 0.25) is 6.79 Å². The average molecular weight is 418 g/mol. The second-order valence-electron chi connectivity index (χ2n) is 6.89. The number of halogens is 1. The molecule has 1 N–H and O–H groups in total. The second-order valence-corrected chi connectivity index (χ2v) is 7.33. The Kier molecular flexibility index (Phi) is 5.97. The molecule has 1 fully saturated rings. The number of anilines is 2. The van der Waals surface area contributed by atoms with Crippen LogP contribution in [0.15, 0.2) is 36.4 Å². The summed E-state index contributed by atoms with van der Waals surface area (Å²) in [6, 6.07) is 11.1. The predicted octanol–water partition coefficient (Wildman–Crippen LogP) is 3.96. The quantitative estimate of drug-likeness (QED) is 0.797. The van der Waals surface area contributed by atoms with Crippen LogP contribution in [-0.2, 0) is 11.3 Å². The van der Waals surface area contributed by atoms with Crippen LogP contribution in [0, 0.1) is 0 Å². The van der Waals surface area contributed by atoms with E-state index in [0.29, 0.717) is 42.8 Å². The van der Waals surface area contributed by atoms with Crippen LogP contribution >= 0.6 is 11.6 Å². The number of fused-ring (bicyclic) bond motifs is 1. The number of nitrogens with zero attached hydrogens (tertiary/aromatic N) is 2. The minimum absolute atomic E-state index is 0.179. The molecule has 2 heterocycles. The molecule has 0 spiro atoms. The summed E-state index contributed by atoms with van der Waals surface area (Å²) in [4.78, 5) is 16.9. The van der Waals surface area contributed by atoms with E-state index in [1.807, 2.05) is 37.3 Å². The molecule has 0 unspecified atom stereocenters. The van der Waals surface area contributed by atoms with Gasteiger partial charge in [-0.2, -0.15) is 0 Å². The lowest BCUT2D eigenvalue weighted by Crippen LogP contribution is -2.38. The molecular formula is C21H24ClN3O4. The molecule has 154 valence electrons. The number of carbonyl (C=O) groups is 1. The van der Waals surface area contributed by atoms with E-state index in [1.165, 1.54) is 0 Å². The van der Waals surface area contributed by atoms with E-state index >= 15 is 0 Å². The summed E-state index contributed by atoms with van der Waals surface area (Å²) in [6.07, 6.45) is 0. The highest BCUT2D eigenvalue weighted by atomic mass is 35.5. The molecule has 0 bridgehead atoms. The normalized spacial score (nSPS) is 15.3. The Hall–Kier alpha value is -2.64. The zero-order valence-electron chi connectivity index (χ0n) is 16.3. The molecule has 0 saturated carbocycles. The van der Waals surface area contributed by atoms with Crippen molar-refractivity contribution in [1.82, 2.24) is 4.90 Å². The van der Waals surface area contributed by atoms with Gasteiger partial charge in [0.05, 0.1) is 24.6 Å². The van der Waals surface area contributed by atoms with Gasteiger partial charge in [-0.05, 0) is 42.8 Å². The van der Waals surface area contributed by atoms with Crippen molar-refractivity contribution in [2.24, 2.45) is 0 Å². The van der Waals surface area contributed by atoms with Crippen LogP contribution in [0.1, 0.15) is 12.5 Å². The number of hydrogen-bond acceptors (Lipinski definition) is 5. The first-order chi connectivity index (χ1) is 14.1. The maximum Gasteiger partial charge on any atom is 0.322 e. The van der Waals surface area contributed by atoms with E-state index < -0.39 is 0 Å². The summed E-state index contributed by atoms with van der Waals surface area (Å²) in [5.74, 6) is 1.44. The smallest absolute Gasteiger partial charge is 0.322 e. The minimum atomic E-state index is -0.179. The highest BCUT2D eigenvalue weighted by Crippen LogP contribution is 2.33. The Bertz CT molecular complexity index is 886. The van der Waals surface area contributed by atoms with Crippen LogP contribution in [0.3, 0.4) is 0 Å².